The Morgan fingerprint density at radius 3 is 2.48 bits per heavy atom. The Bertz CT molecular complexity index is 1530. The molecule has 162 valence electrons. The first-order valence-electron chi connectivity index (χ1n) is 10.5. The normalized spacial score (nSPS) is 12.5. The zero-order valence-electron chi connectivity index (χ0n) is 18.4. The largest absolute Gasteiger partial charge is 0.278 e. The molecule has 4 nitrogen and oxygen atoms in total. The molecule has 0 fully saturated rings. The minimum atomic E-state index is 0.498. The summed E-state index contributed by atoms with van der Waals surface area (Å²) in [7, 11) is 0. The minimum Gasteiger partial charge on any atom is -0.278 e. The van der Waals surface area contributed by atoms with Crippen molar-refractivity contribution in [1.29, 1.82) is 0 Å². The van der Waals surface area contributed by atoms with Crippen LogP contribution in [0.5, 0.6) is 0 Å². The number of hydrogen-bond donors (Lipinski definition) is 1. The van der Waals surface area contributed by atoms with E-state index in [4.69, 9.17) is 15.0 Å². The molecule has 0 aliphatic carbocycles. The van der Waals surface area contributed by atoms with Gasteiger partial charge in [-0.1, -0.05) is 80.4 Å². The molecule has 0 atom stereocenters. The average molecular weight is 449 g/mol. The molecule has 0 aliphatic heterocycles. The zero-order chi connectivity index (χ0) is 23.4. The highest BCUT2D eigenvalue weighted by atomic mass is 32.1. The van der Waals surface area contributed by atoms with Crippen LogP contribution in [0.15, 0.2) is 97.0 Å². The van der Waals surface area contributed by atoms with E-state index in [0.717, 1.165) is 37.5 Å². The Kier molecular flexibility index (Phi) is 6.52. The summed E-state index contributed by atoms with van der Waals surface area (Å²) in [5.41, 5.74) is 2.67. The molecular formula is C28H24N4S. The number of benzene rings is 2. The summed E-state index contributed by atoms with van der Waals surface area (Å²) in [5.74, 6) is 1.64. The standard InChI is InChI=1S/C28H24N4S/c1-5-11-20(12-6-2)26-29-27(21-14-9-8-10-15-21)31-28(30-26)32-24(13-7-3)19(4)23-18-22(33)16-17-25(23)32/h5-18,33H,1,3-4H2,2H3/b12-6-,20-11+,24-13+. The maximum Gasteiger partial charge on any atom is 0.238 e. The first-order chi connectivity index (χ1) is 16.1. The van der Waals surface area contributed by atoms with Gasteiger partial charge in [0.2, 0.25) is 5.95 Å². The van der Waals surface area contributed by atoms with Crippen molar-refractivity contribution in [3.05, 3.63) is 108 Å². The van der Waals surface area contributed by atoms with Gasteiger partial charge in [-0.2, -0.15) is 9.97 Å². The van der Waals surface area contributed by atoms with E-state index in [1.54, 1.807) is 12.2 Å². The number of aromatic nitrogens is 4. The number of hydrogen-bond acceptors (Lipinski definition) is 4. The van der Waals surface area contributed by atoms with Crippen LogP contribution in [0, 0.1) is 0 Å². The summed E-state index contributed by atoms with van der Waals surface area (Å²) < 4.78 is 1.99. The third kappa shape index (κ3) is 4.36. The molecule has 0 saturated heterocycles. The molecule has 2 heterocycles. The highest BCUT2D eigenvalue weighted by molar-refractivity contribution is 7.80. The quantitative estimate of drug-likeness (QED) is 0.322. The summed E-state index contributed by atoms with van der Waals surface area (Å²) in [5, 5.41) is 2.70. The van der Waals surface area contributed by atoms with E-state index < -0.39 is 0 Å². The lowest BCUT2D eigenvalue weighted by Crippen LogP contribution is -2.28. The van der Waals surface area contributed by atoms with Crippen molar-refractivity contribution in [2.45, 2.75) is 11.8 Å². The smallest absolute Gasteiger partial charge is 0.238 e. The second-order valence-electron chi connectivity index (χ2n) is 7.31. The molecule has 0 unspecified atom stereocenters. The highest BCUT2D eigenvalue weighted by Gasteiger charge is 2.16. The van der Waals surface area contributed by atoms with E-state index in [1.807, 2.05) is 84.3 Å². The van der Waals surface area contributed by atoms with Gasteiger partial charge in [0.05, 0.1) is 10.9 Å². The van der Waals surface area contributed by atoms with Crippen LogP contribution in [-0.2, 0) is 0 Å². The minimum absolute atomic E-state index is 0.498. The van der Waals surface area contributed by atoms with Crippen LogP contribution in [0.3, 0.4) is 0 Å². The highest BCUT2D eigenvalue weighted by Crippen LogP contribution is 2.22. The molecule has 0 amide bonds. The number of nitrogens with zero attached hydrogens (tertiary/aromatic N) is 4. The molecule has 33 heavy (non-hydrogen) atoms. The molecule has 0 N–H and O–H groups in total. The number of allylic oxidation sites excluding steroid dienone is 6. The van der Waals surface area contributed by atoms with Gasteiger partial charge in [0.25, 0.3) is 0 Å². The maximum atomic E-state index is 4.87. The topological polar surface area (TPSA) is 43.6 Å². The van der Waals surface area contributed by atoms with Crippen LogP contribution < -0.4 is 10.6 Å². The average Bonchev–Trinajstić information content (AvgIpc) is 3.10. The van der Waals surface area contributed by atoms with Crippen LogP contribution >= 0.6 is 12.6 Å². The Balaban J connectivity index is 2.12. The number of thiol groups is 1. The molecule has 0 bridgehead atoms. The van der Waals surface area contributed by atoms with E-state index in [0.29, 0.717) is 17.6 Å². The van der Waals surface area contributed by atoms with Gasteiger partial charge in [-0.05, 0) is 31.2 Å². The van der Waals surface area contributed by atoms with Crippen LogP contribution in [0.25, 0.3) is 46.5 Å². The molecular weight excluding hydrogens is 424 g/mol. The van der Waals surface area contributed by atoms with Crippen molar-refractivity contribution in [1.82, 2.24) is 19.5 Å². The Hall–Kier alpha value is -3.96. The number of fused-ring (bicyclic) bond motifs is 1. The van der Waals surface area contributed by atoms with Gasteiger partial charge in [-0.15, -0.1) is 12.6 Å². The second kappa shape index (κ2) is 9.67. The molecule has 4 aromatic rings. The van der Waals surface area contributed by atoms with Gasteiger partial charge in [0.15, 0.2) is 11.6 Å². The molecule has 5 heteroatoms. The Morgan fingerprint density at radius 2 is 1.79 bits per heavy atom. The SMILES string of the molecule is C=C/C=C(\C=C/C)c1nc(-c2ccccc2)nc(-n2/c(=C/C=C)c(=C)c3cc(S)ccc32)n1. The predicted octanol–water partition coefficient (Wildman–Crippen LogP) is 5.29. The van der Waals surface area contributed by atoms with Crippen molar-refractivity contribution in [2.75, 3.05) is 0 Å². The first-order valence-corrected chi connectivity index (χ1v) is 10.9. The van der Waals surface area contributed by atoms with Crippen molar-refractivity contribution >= 4 is 41.8 Å². The van der Waals surface area contributed by atoms with E-state index in [-0.39, 0.29) is 0 Å². The predicted molar refractivity (Wildman–Crippen MR) is 142 cm³/mol. The Labute approximate surface area is 198 Å². The fourth-order valence-corrected chi connectivity index (χ4v) is 3.89. The third-order valence-corrected chi connectivity index (χ3v) is 5.41. The maximum absolute atomic E-state index is 4.87. The lowest BCUT2D eigenvalue weighted by Gasteiger charge is -2.10. The van der Waals surface area contributed by atoms with Gasteiger partial charge >= 0.3 is 0 Å². The second-order valence-corrected chi connectivity index (χ2v) is 7.83. The first kappa shape index (κ1) is 22.2. The van der Waals surface area contributed by atoms with Crippen molar-refractivity contribution in [3.63, 3.8) is 0 Å². The van der Waals surface area contributed by atoms with E-state index in [9.17, 15) is 0 Å². The molecule has 0 aliphatic rings. The zero-order valence-corrected chi connectivity index (χ0v) is 19.3. The van der Waals surface area contributed by atoms with E-state index in [2.05, 4.69) is 32.4 Å². The van der Waals surface area contributed by atoms with Crippen LogP contribution in [0.4, 0.5) is 0 Å². The lowest BCUT2D eigenvalue weighted by molar-refractivity contribution is 0.895. The lowest BCUT2D eigenvalue weighted by atomic mass is 10.2. The van der Waals surface area contributed by atoms with Crippen LogP contribution in [0.1, 0.15) is 12.7 Å². The van der Waals surface area contributed by atoms with Crippen molar-refractivity contribution < 1.29 is 0 Å². The Morgan fingerprint density at radius 1 is 1.00 bits per heavy atom. The van der Waals surface area contributed by atoms with Gasteiger partial charge in [-0.25, -0.2) is 4.98 Å². The van der Waals surface area contributed by atoms with Gasteiger partial charge in [0, 0.05) is 26.6 Å². The summed E-state index contributed by atoms with van der Waals surface area (Å²) in [6.07, 6.45) is 11.2. The summed E-state index contributed by atoms with van der Waals surface area (Å²) in [6.45, 7) is 14.0. The third-order valence-electron chi connectivity index (χ3n) is 5.13. The molecule has 0 spiro atoms. The number of rotatable bonds is 6. The summed E-state index contributed by atoms with van der Waals surface area (Å²) in [6, 6.07) is 15.8. The van der Waals surface area contributed by atoms with Gasteiger partial charge in [0.1, 0.15) is 0 Å². The monoisotopic (exact) mass is 448 g/mol. The molecule has 0 radical (unpaired) electrons. The van der Waals surface area contributed by atoms with E-state index >= 15 is 0 Å². The van der Waals surface area contributed by atoms with Crippen LogP contribution in [0.2, 0.25) is 0 Å². The molecule has 2 aromatic heterocycles. The van der Waals surface area contributed by atoms with Crippen molar-refractivity contribution in [3.8, 4) is 17.3 Å². The summed E-state index contributed by atoms with van der Waals surface area (Å²) in [4.78, 5) is 15.4. The molecule has 2 aromatic carbocycles. The summed E-state index contributed by atoms with van der Waals surface area (Å²) >= 11 is 4.51. The van der Waals surface area contributed by atoms with Crippen molar-refractivity contribution in [2.24, 2.45) is 0 Å². The fourth-order valence-electron chi connectivity index (χ4n) is 3.69. The van der Waals surface area contributed by atoms with E-state index in [1.165, 1.54) is 0 Å². The van der Waals surface area contributed by atoms with Gasteiger partial charge in [-0.3, -0.25) is 4.57 Å². The fraction of sp³-hybridized carbons (Fsp3) is 0.0357. The van der Waals surface area contributed by atoms with Gasteiger partial charge < -0.3 is 0 Å². The molecule has 4 rings (SSSR count). The van der Waals surface area contributed by atoms with Crippen LogP contribution in [-0.4, -0.2) is 19.5 Å². The molecule has 0 saturated carbocycles.